The van der Waals surface area contributed by atoms with Crippen molar-refractivity contribution in [3.8, 4) is 17.9 Å². The lowest BCUT2D eigenvalue weighted by atomic mass is 10.0. The van der Waals surface area contributed by atoms with E-state index in [4.69, 9.17) is 20.0 Å². The molecule has 1 amide bonds. The molecule has 3 aromatic rings. The maximum Gasteiger partial charge on any atom is 0.415 e. The quantitative estimate of drug-likeness (QED) is 0.323. The molecule has 0 spiro atoms. The van der Waals surface area contributed by atoms with E-state index in [1.54, 1.807) is 69.3 Å². The number of aromatic nitrogens is 1. The molecule has 0 aliphatic heterocycles. The van der Waals surface area contributed by atoms with E-state index >= 15 is 4.39 Å². The Labute approximate surface area is 220 Å². The summed E-state index contributed by atoms with van der Waals surface area (Å²) in [5.74, 6) is -0.0497. The van der Waals surface area contributed by atoms with Crippen molar-refractivity contribution in [1.29, 1.82) is 10.5 Å². The third-order valence-electron chi connectivity index (χ3n) is 5.44. The molecule has 196 valence electrons. The van der Waals surface area contributed by atoms with Gasteiger partial charge in [0.1, 0.15) is 36.5 Å². The molecule has 0 fully saturated rings. The zero-order chi connectivity index (χ0) is 27.9. The van der Waals surface area contributed by atoms with E-state index in [0.29, 0.717) is 27.9 Å². The van der Waals surface area contributed by atoms with E-state index < -0.39 is 24.5 Å². The van der Waals surface area contributed by atoms with Gasteiger partial charge in [-0.05, 0) is 69.7 Å². The summed E-state index contributed by atoms with van der Waals surface area (Å²) in [6.07, 6.45) is -0.949. The number of carbonyl (C=O) groups is 1. The summed E-state index contributed by atoms with van der Waals surface area (Å²) < 4.78 is 40.5. The number of nitriles is 2. The highest BCUT2D eigenvalue weighted by Gasteiger charge is 2.28. The third kappa shape index (κ3) is 7.04. The number of halogens is 2. The third-order valence-corrected chi connectivity index (χ3v) is 5.44. The standard InChI is InChI=1S/C29H28F2N4O3/c1-19(31)26-23(16-34-25(13-30)27(26)37-18-22-7-5-6-21(12-22)15-33)17-35(28(36)38-29(2,3)4)24-10-8-20(14-32)9-11-24/h5-12,16,19H,13,17-18H2,1-4H3. The fourth-order valence-corrected chi connectivity index (χ4v) is 3.75. The van der Waals surface area contributed by atoms with Crippen LogP contribution in [0.25, 0.3) is 0 Å². The highest BCUT2D eigenvalue weighted by molar-refractivity contribution is 5.88. The molecule has 1 aromatic heterocycles. The molecule has 7 nitrogen and oxygen atoms in total. The first-order valence-corrected chi connectivity index (χ1v) is 11.9. The van der Waals surface area contributed by atoms with Crippen molar-refractivity contribution in [2.75, 3.05) is 4.90 Å². The Kier molecular flexibility index (Phi) is 8.98. The van der Waals surface area contributed by atoms with Crippen molar-refractivity contribution in [2.24, 2.45) is 0 Å². The number of pyridine rings is 1. The zero-order valence-electron chi connectivity index (χ0n) is 21.7. The van der Waals surface area contributed by atoms with Gasteiger partial charge in [0.05, 0.1) is 29.8 Å². The Morgan fingerprint density at radius 2 is 1.79 bits per heavy atom. The first-order valence-electron chi connectivity index (χ1n) is 11.9. The summed E-state index contributed by atoms with van der Waals surface area (Å²) in [4.78, 5) is 18.6. The number of anilines is 1. The minimum Gasteiger partial charge on any atom is -0.486 e. The predicted molar refractivity (Wildman–Crippen MR) is 138 cm³/mol. The van der Waals surface area contributed by atoms with Gasteiger partial charge >= 0.3 is 6.09 Å². The minimum atomic E-state index is -1.58. The van der Waals surface area contributed by atoms with Crippen molar-refractivity contribution in [3.63, 3.8) is 0 Å². The van der Waals surface area contributed by atoms with Crippen LogP contribution in [0.2, 0.25) is 0 Å². The van der Waals surface area contributed by atoms with Crippen LogP contribution in [0, 0.1) is 22.7 Å². The molecule has 1 atom stereocenters. The topological polar surface area (TPSA) is 99.2 Å². The Hall–Kier alpha value is -4.50. The largest absolute Gasteiger partial charge is 0.486 e. The van der Waals surface area contributed by atoms with E-state index in [-0.39, 0.29) is 30.2 Å². The Morgan fingerprint density at radius 1 is 1.11 bits per heavy atom. The fourth-order valence-electron chi connectivity index (χ4n) is 3.75. The highest BCUT2D eigenvalue weighted by Crippen LogP contribution is 2.36. The van der Waals surface area contributed by atoms with E-state index in [9.17, 15) is 9.18 Å². The van der Waals surface area contributed by atoms with Crippen molar-refractivity contribution >= 4 is 11.8 Å². The Morgan fingerprint density at radius 3 is 2.37 bits per heavy atom. The zero-order valence-corrected chi connectivity index (χ0v) is 21.7. The number of benzene rings is 2. The van der Waals surface area contributed by atoms with Crippen molar-refractivity contribution < 1.29 is 23.0 Å². The molecule has 1 heterocycles. The van der Waals surface area contributed by atoms with Gasteiger partial charge < -0.3 is 9.47 Å². The lowest BCUT2D eigenvalue weighted by Gasteiger charge is -2.29. The van der Waals surface area contributed by atoms with Gasteiger partial charge in [-0.2, -0.15) is 10.5 Å². The van der Waals surface area contributed by atoms with Gasteiger partial charge in [0, 0.05) is 23.0 Å². The smallest absolute Gasteiger partial charge is 0.415 e. The molecule has 0 saturated heterocycles. The maximum atomic E-state index is 15.1. The van der Waals surface area contributed by atoms with Gasteiger partial charge in [0.2, 0.25) is 0 Å². The molecule has 0 radical (unpaired) electrons. The summed E-state index contributed by atoms with van der Waals surface area (Å²) in [6, 6.07) is 17.0. The highest BCUT2D eigenvalue weighted by atomic mass is 19.1. The van der Waals surface area contributed by atoms with Crippen LogP contribution >= 0.6 is 0 Å². The van der Waals surface area contributed by atoms with E-state index in [0.717, 1.165) is 0 Å². The summed E-state index contributed by atoms with van der Waals surface area (Å²) in [7, 11) is 0. The van der Waals surface area contributed by atoms with Gasteiger partial charge in [-0.15, -0.1) is 0 Å². The molecule has 0 saturated carbocycles. The monoisotopic (exact) mass is 518 g/mol. The normalized spacial score (nSPS) is 11.7. The molecule has 0 bridgehead atoms. The molecule has 0 aliphatic rings. The average Bonchev–Trinajstić information content (AvgIpc) is 2.89. The van der Waals surface area contributed by atoms with E-state index in [2.05, 4.69) is 4.98 Å². The SMILES string of the molecule is CC(F)c1c(CN(C(=O)OC(C)(C)C)c2ccc(C#N)cc2)cnc(CF)c1OCc1cccc(C#N)c1. The number of alkyl halides is 2. The Bertz CT molecular complexity index is 1370. The first-order chi connectivity index (χ1) is 18.1. The van der Waals surface area contributed by atoms with Crippen LogP contribution in [-0.4, -0.2) is 16.7 Å². The van der Waals surface area contributed by atoms with Crippen molar-refractivity contribution in [3.05, 3.63) is 88.2 Å². The number of rotatable bonds is 8. The second kappa shape index (κ2) is 12.2. The summed E-state index contributed by atoms with van der Waals surface area (Å²) >= 11 is 0. The van der Waals surface area contributed by atoms with Gasteiger partial charge in [-0.3, -0.25) is 9.88 Å². The van der Waals surface area contributed by atoms with Crippen LogP contribution in [0.1, 0.15) is 67.4 Å². The van der Waals surface area contributed by atoms with Crippen LogP contribution in [0.15, 0.2) is 54.7 Å². The van der Waals surface area contributed by atoms with Gasteiger partial charge in [0.25, 0.3) is 0 Å². The molecular weight excluding hydrogens is 490 g/mol. The lowest BCUT2D eigenvalue weighted by Crippen LogP contribution is -2.36. The molecule has 9 heteroatoms. The van der Waals surface area contributed by atoms with Crippen molar-refractivity contribution in [2.45, 2.75) is 59.3 Å². The molecule has 2 aromatic carbocycles. The van der Waals surface area contributed by atoms with Crippen LogP contribution < -0.4 is 9.64 Å². The number of hydrogen-bond donors (Lipinski definition) is 0. The van der Waals surface area contributed by atoms with Crippen LogP contribution in [0.3, 0.4) is 0 Å². The number of nitrogens with zero attached hydrogens (tertiary/aromatic N) is 4. The fraction of sp³-hybridized carbons (Fsp3) is 0.310. The van der Waals surface area contributed by atoms with Crippen LogP contribution in [-0.2, 0) is 24.6 Å². The number of hydrogen-bond acceptors (Lipinski definition) is 6. The Balaban J connectivity index is 2.04. The van der Waals surface area contributed by atoms with Crippen LogP contribution in [0.4, 0.5) is 19.3 Å². The molecule has 3 rings (SSSR count). The van der Waals surface area contributed by atoms with Gasteiger partial charge in [0.15, 0.2) is 0 Å². The molecule has 0 aliphatic carbocycles. The van der Waals surface area contributed by atoms with Gasteiger partial charge in [-0.25, -0.2) is 13.6 Å². The molecular formula is C29H28F2N4O3. The molecule has 1 unspecified atom stereocenters. The number of amides is 1. The minimum absolute atomic E-state index is 0.0429. The molecule has 38 heavy (non-hydrogen) atoms. The number of carbonyl (C=O) groups excluding carboxylic acids is 1. The predicted octanol–water partition coefficient (Wildman–Crippen LogP) is 6.85. The number of ether oxygens (including phenoxy) is 2. The van der Waals surface area contributed by atoms with E-state index in [1.165, 1.54) is 18.0 Å². The summed E-state index contributed by atoms with van der Waals surface area (Å²) in [6.45, 7) is 5.29. The van der Waals surface area contributed by atoms with E-state index in [1.807, 2.05) is 12.1 Å². The average molecular weight is 519 g/mol. The molecule has 0 N–H and O–H groups in total. The second-order valence-electron chi connectivity index (χ2n) is 9.55. The first kappa shape index (κ1) is 28.1. The van der Waals surface area contributed by atoms with Gasteiger partial charge in [-0.1, -0.05) is 12.1 Å². The van der Waals surface area contributed by atoms with Crippen molar-refractivity contribution in [1.82, 2.24) is 4.98 Å². The summed E-state index contributed by atoms with van der Waals surface area (Å²) in [5.41, 5.74) is 1.37. The second-order valence-corrected chi connectivity index (χ2v) is 9.55. The summed E-state index contributed by atoms with van der Waals surface area (Å²) in [5, 5.41) is 18.3. The maximum absolute atomic E-state index is 15.1. The lowest BCUT2D eigenvalue weighted by molar-refractivity contribution is 0.0577. The van der Waals surface area contributed by atoms with Crippen LogP contribution in [0.5, 0.6) is 5.75 Å².